The zero-order valence-electron chi connectivity index (χ0n) is 15.2. The van der Waals surface area contributed by atoms with Crippen LogP contribution in [0.15, 0.2) is 54.6 Å². The molecule has 0 spiro atoms. The number of rotatable bonds is 5. The number of nitrogens with zero attached hydrogens (tertiary/aromatic N) is 3. The molecule has 7 heteroatoms. The number of aromatic nitrogens is 2. The second-order valence-electron chi connectivity index (χ2n) is 5.89. The summed E-state index contributed by atoms with van der Waals surface area (Å²) in [6, 6.07) is 16.4. The third kappa shape index (κ3) is 4.35. The summed E-state index contributed by atoms with van der Waals surface area (Å²) in [5, 5.41) is 3.21. The van der Waals surface area contributed by atoms with Gasteiger partial charge in [0.25, 0.3) is 5.91 Å². The molecule has 3 rings (SSSR count). The summed E-state index contributed by atoms with van der Waals surface area (Å²) in [4.78, 5) is 23.3. The van der Waals surface area contributed by atoms with E-state index < -0.39 is 0 Å². The van der Waals surface area contributed by atoms with E-state index in [4.69, 9.17) is 16.3 Å². The van der Waals surface area contributed by atoms with E-state index in [1.54, 1.807) is 24.3 Å². The van der Waals surface area contributed by atoms with Gasteiger partial charge >= 0.3 is 0 Å². The minimum absolute atomic E-state index is 0.271. The molecule has 27 heavy (non-hydrogen) atoms. The molecule has 0 unspecified atom stereocenters. The van der Waals surface area contributed by atoms with Gasteiger partial charge in [0.05, 0.1) is 12.1 Å². The average Bonchev–Trinajstić information content (AvgIpc) is 2.67. The van der Waals surface area contributed by atoms with Crippen molar-refractivity contribution in [2.24, 2.45) is 0 Å². The third-order valence-corrected chi connectivity index (χ3v) is 4.22. The Morgan fingerprint density at radius 1 is 1.11 bits per heavy atom. The van der Waals surface area contributed by atoms with Gasteiger partial charge in [-0.2, -0.15) is 0 Å². The van der Waals surface area contributed by atoms with E-state index in [-0.39, 0.29) is 11.6 Å². The van der Waals surface area contributed by atoms with Gasteiger partial charge in [-0.25, -0.2) is 9.97 Å². The standard InChI is InChI=1S/C20H19ClN4O2/c1-13-11-17(19(26)23-14-9-10-18(27-3)16(21)12-14)24-20(22-13)25(2)15-7-5-4-6-8-15/h4-12H,1-3H3,(H,23,26). The second-order valence-corrected chi connectivity index (χ2v) is 6.30. The van der Waals surface area contributed by atoms with Crippen LogP contribution >= 0.6 is 11.6 Å². The minimum atomic E-state index is -0.343. The number of hydrogen-bond donors (Lipinski definition) is 1. The largest absolute Gasteiger partial charge is 0.495 e. The van der Waals surface area contributed by atoms with Crippen LogP contribution in [0.1, 0.15) is 16.2 Å². The number of para-hydroxylation sites is 1. The Balaban J connectivity index is 1.85. The zero-order chi connectivity index (χ0) is 19.4. The zero-order valence-corrected chi connectivity index (χ0v) is 16.0. The van der Waals surface area contributed by atoms with Gasteiger partial charge < -0.3 is 15.0 Å². The van der Waals surface area contributed by atoms with Gasteiger partial charge in [-0.05, 0) is 43.3 Å². The Morgan fingerprint density at radius 3 is 2.52 bits per heavy atom. The first-order valence-corrected chi connectivity index (χ1v) is 8.65. The molecule has 0 saturated heterocycles. The van der Waals surface area contributed by atoms with Crippen LogP contribution in [-0.2, 0) is 0 Å². The Labute approximate surface area is 162 Å². The number of halogens is 1. The minimum Gasteiger partial charge on any atom is -0.495 e. The fourth-order valence-electron chi connectivity index (χ4n) is 2.53. The third-order valence-electron chi connectivity index (χ3n) is 3.93. The Kier molecular flexibility index (Phi) is 5.57. The number of hydrogen-bond acceptors (Lipinski definition) is 5. The Hall–Kier alpha value is -3.12. The molecule has 6 nitrogen and oxygen atoms in total. The molecule has 1 aromatic heterocycles. The summed E-state index contributed by atoms with van der Waals surface area (Å²) in [6.07, 6.45) is 0. The maximum absolute atomic E-state index is 12.6. The van der Waals surface area contributed by atoms with Crippen molar-refractivity contribution in [3.8, 4) is 5.75 Å². The van der Waals surface area contributed by atoms with Crippen molar-refractivity contribution in [2.45, 2.75) is 6.92 Å². The second kappa shape index (κ2) is 8.05. The van der Waals surface area contributed by atoms with Crippen LogP contribution in [0.4, 0.5) is 17.3 Å². The van der Waals surface area contributed by atoms with Gasteiger partial charge in [-0.3, -0.25) is 4.79 Å². The Bertz CT molecular complexity index is 963. The highest BCUT2D eigenvalue weighted by Gasteiger charge is 2.15. The molecule has 1 heterocycles. The first-order chi connectivity index (χ1) is 13.0. The van der Waals surface area contributed by atoms with Gasteiger partial charge in [0.2, 0.25) is 5.95 Å². The van der Waals surface area contributed by atoms with Crippen LogP contribution in [0.2, 0.25) is 5.02 Å². The molecule has 138 valence electrons. The van der Waals surface area contributed by atoms with E-state index in [0.717, 1.165) is 5.69 Å². The van der Waals surface area contributed by atoms with Crippen molar-refractivity contribution in [3.63, 3.8) is 0 Å². The molecule has 0 aliphatic carbocycles. The van der Waals surface area contributed by atoms with Crippen molar-refractivity contribution >= 4 is 34.8 Å². The van der Waals surface area contributed by atoms with E-state index in [0.29, 0.717) is 28.1 Å². The molecule has 0 saturated carbocycles. The van der Waals surface area contributed by atoms with E-state index >= 15 is 0 Å². The fourth-order valence-corrected chi connectivity index (χ4v) is 2.78. The molecular formula is C20H19ClN4O2. The molecule has 0 fully saturated rings. The average molecular weight is 383 g/mol. The molecule has 2 aromatic carbocycles. The van der Waals surface area contributed by atoms with Crippen LogP contribution in [-0.4, -0.2) is 30.0 Å². The number of nitrogens with one attached hydrogen (secondary N) is 1. The monoisotopic (exact) mass is 382 g/mol. The van der Waals surface area contributed by atoms with Crippen LogP contribution in [0.3, 0.4) is 0 Å². The number of carbonyl (C=O) groups is 1. The normalized spacial score (nSPS) is 10.4. The highest BCUT2D eigenvalue weighted by molar-refractivity contribution is 6.32. The quantitative estimate of drug-likeness (QED) is 0.705. The number of ether oxygens (including phenoxy) is 1. The SMILES string of the molecule is COc1ccc(NC(=O)c2cc(C)nc(N(C)c3ccccc3)n2)cc1Cl. The molecule has 0 aliphatic heterocycles. The highest BCUT2D eigenvalue weighted by atomic mass is 35.5. The Morgan fingerprint density at radius 2 is 1.85 bits per heavy atom. The van der Waals surface area contributed by atoms with E-state index in [1.807, 2.05) is 49.2 Å². The molecule has 0 radical (unpaired) electrons. The summed E-state index contributed by atoms with van der Waals surface area (Å²) in [5.41, 5.74) is 2.45. The maximum atomic E-state index is 12.6. The molecule has 1 amide bonds. The van der Waals surface area contributed by atoms with Crippen LogP contribution in [0, 0.1) is 6.92 Å². The number of benzene rings is 2. The van der Waals surface area contributed by atoms with E-state index in [2.05, 4.69) is 15.3 Å². The van der Waals surface area contributed by atoms with Gasteiger partial charge in [-0.1, -0.05) is 29.8 Å². The molecule has 1 N–H and O–H groups in total. The van der Waals surface area contributed by atoms with Crippen LogP contribution in [0.5, 0.6) is 5.75 Å². The summed E-state index contributed by atoms with van der Waals surface area (Å²) >= 11 is 6.11. The molecule has 0 atom stereocenters. The van der Waals surface area contributed by atoms with E-state index in [1.165, 1.54) is 7.11 Å². The van der Waals surface area contributed by atoms with E-state index in [9.17, 15) is 4.79 Å². The van der Waals surface area contributed by atoms with Crippen molar-refractivity contribution in [1.82, 2.24) is 9.97 Å². The van der Waals surface area contributed by atoms with Gasteiger partial charge in [0, 0.05) is 24.1 Å². The van der Waals surface area contributed by atoms with Gasteiger partial charge in [0.15, 0.2) is 0 Å². The van der Waals surface area contributed by atoms with Crippen LogP contribution in [0.25, 0.3) is 0 Å². The molecule has 0 aliphatic rings. The summed E-state index contributed by atoms with van der Waals surface area (Å²) < 4.78 is 5.12. The van der Waals surface area contributed by atoms with Crippen molar-refractivity contribution < 1.29 is 9.53 Å². The lowest BCUT2D eigenvalue weighted by Gasteiger charge is -2.18. The predicted octanol–water partition coefficient (Wildman–Crippen LogP) is 4.47. The van der Waals surface area contributed by atoms with Crippen LogP contribution < -0.4 is 15.0 Å². The first-order valence-electron chi connectivity index (χ1n) is 8.27. The lowest BCUT2D eigenvalue weighted by Crippen LogP contribution is -2.19. The number of aryl methyl sites for hydroxylation is 1. The number of anilines is 3. The van der Waals surface area contributed by atoms with Crippen molar-refractivity contribution in [3.05, 3.63) is 71.0 Å². The number of carbonyl (C=O) groups excluding carboxylic acids is 1. The smallest absolute Gasteiger partial charge is 0.274 e. The summed E-state index contributed by atoms with van der Waals surface area (Å²) in [7, 11) is 3.39. The van der Waals surface area contributed by atoms with Gasteiger partial charge in [-0.15, -0.1) is 0 Å². The highest BCUT2D eigenvalue weighted by Crippen LogP contribution is 2.27. The molecular weight excluding hydrogens is 364 g/mol. The fraction of sp³-hybridized carbons (Fsp3) is 0.150. The maximum Gasteiger partial charge on any atom is 0.274 e. The topological polar surface area (TPSA) is 67.3 Å². The van der Waals surface area contributed by atoms with Crippen molar-refractivity contribution in [1.29, 1.82) is 0 Å². The van der Waals surface area contributed by atoms with Crippen molar-refractivity contribution in [2.75, 3.05) is 24.4 Å². The summed E-state index contributed by atoms with van der Waals surface area (Å²) in [6.45, 7) is 1.82. The number of methoxy groups -OCH3 is 1. The summed E-state index contributed by atoms with van der Waals surface area (Å²) in [5.74, 6) is 0.642. The van der Waals surface area contributed by atoms with Gasteiger partial charge in [0.1, 0.15) is 11.4 Å². The lowest BCUT2D eigenvalue weighted by atomic mass is 10.2. The lowest BCUT2D eigenvalue weighted by molar-refractivity contribution is 0.102. The number of amides is 1. The molecule has 0 bridgehead atoms. The predicted molar refractivity (Wildman–Crippen MR) is 107 cm³/mol. The molecule has 3 aromatic rings. The first kappa shape index (κ1) is 18.7.